The van der Waals surface area contributed by atoms with Gasteiger partial charge in [-0.25, -0.2) is 4.98 Å². The second-order valence-corrected chi connectivity index (χ2v) is 3.73. The number of aryl methyl sites for hydroxylation is 1. The minimum atomic E-state index is 0.108. The molecule has 0 aliphatic carbocycles. The largest absolute Gasteiger partial charge is 0.449 e. The fourth-order valence-electron chi connectivity index (χ4n) is 0.818. The maximum absolute atomic E-state index is 5.23. The molecule has 0 bridgehead atoms. The standard InChI is InChI=1S/C9H15NO/c1-5-8-10-7(6-11-8)9(2,3)4/h6H,5H2,1-4H3. The maximum Gasteiger partial charge on any atom is 0.193 e. The molecule has 2 nitrogen and oxygen atoms in total. The Morgan fingerprint density at radius 2 is 2.09 bits per heavy atom. The van der Waals surface area contributed by atoms with Crippen LogP contribution >= 0.6 is 0 Å². The molecule has 11 heavy (non-hydrogen) atoms. The van der Waals surface area contributed by atoms with Gasteiger partial charge in [-0.15, -0.1) is 0 Å². The number of nitrogens with zero attached hydrogens (tertiary/aromatic N) is 1. The van der Waals surface area contributed by atoms with E-state index in [1.165, 1.54) is 0 Å². The molecular weight excluding hydrogens is 138 g/mol. The Morgan fingerprint density at radius 1 is 1.45 bits per heavy atom. The second-order valence-electron chi connectivity index (χ2n) is 3.73. The zero-order chi connectivity index (χ0) is 8.48. The van der Waals surface area contributed by atoms with Crippen LogP contribution in [0.5, 0.6) is 0 Å². The van der Waals surface area contributed by atoms with Crippen molar-refractivity contribution in [3.05, 3.63) is 17.8 Å². The molecule has 0 spiro atoms. The lowest BCUT2D eigenvalue weighted by molar-refractivity contribution is 0.497. The van der Waals surface area contributed by atoms with Gasteiger partial charge in [-0.3, -0.25) is 0 Å². The van der Waals surface area contributed by atoms with Crippen molar-refractivity contribution >= 4 is 0 Å². The first-order valence-electron chi connectivity index (χ1n) is 3.99. The zero-order valence-corrected chi connectivity index (χ0v) is 7.64. The summed E-state index contributed by atoms with van der Waals surface area (Å²) < 4.78 is 5.23. The van der Waals surface area contributed by atoms with E-state index in [0.29, 0.717) is 0 Å². The molecule has 62 valence electrons. The van der Waals surface area contributed by atoms with E-state index in [1.54, 1.807) is 6.26 Å². The quantitative estimate of drug-likeness (QED) is 0.619. The predicted molar refractivity (Wildman–Crippen MR) is 44.6 cm³/mol. The highest BCUT2D eigenvalue weighted by atomic mass is 16.3. The lowest BCUT2D eigenvalue weighted by atomic mass is 9.93. The molecule has 1 rings (SSSR count). The Hall–Kier alpha value is -0.790. The Balaban J connectivity index is 2.89. The Morgan fingerprint density at radius 3 is 2.36 bits per heavy atom. The molecule has 0 fully saturated rings. The minimum Gasteiger partial charge on any atom is -0.449 e. The van der Waals surface area contributed by atoms with Crippen molar-refractivity contribution in [2.24, 2.45) is 0 Å². The fourth-order valence-corrected chi connectivity index (χ4v) is 0.818. The number of rotatable bonds is 1. The summed E-state index contributed by atoms with van der Waals surface area (Å²) >= 11 is 0. The Labute approximate surface area is 67.6 Å². The topological polar surface area (TPSA) is 26.0 Å². The van der Waals surface area contributed by atoms with Gasteiger partial charge in [-0.05, 0) is 0 Å². The van der Waals surface area contributed by atoms with Crippen molar-refractivity contribution in [1.29, 1.82) is 0 Å². The molecular formula is C9H15NO. The van der Waals surface area contributed by atoms with Gasteiger partial charge in [-0.1, -0.05) is 27.7 Å². The molecule has 0 N–H and O–H groups in total. The number of aromatic nitrogens is 1. The molecule has 0 aliphatic heterocycles. The molecule has 1 aromatic heterocycles. The van der Waals surface area contributed by atoms with E-state index in [9.17, 15) is 0 Å². The van der Waals surface area contributed by atoms with Gasteiger partial charge in [0, 0.05) is 11.8 Å². The van der Waals surface area contributed by atoms with Crippen LogP contribution in [0.4, 0.5) is 0 Å². The summed E-state index contributed by atoms with van der Waals surface area (Å²) in [5, 5.41) is 0. The highest BCUT2D eigenvalue weighted by molar-refractivity contribution is 5.08. The van der Waals surface area contributed by atoms with Crippen molar-refractivity contribution in [3.8, 4) is 0 Å². The first-order valence-corrected chi connectivity index (χ1v) is 3.99. The summed E-state index contributed by atoms with van der Waals surface area (Å²) in [6.07, 6.45) is 2.62. The van der Waals surface area contributed by atoms with E-state index in [-0.39, 0.29) is 5.41 Å². The van der Waals surface area contributed by atoms with Crippen LogP contribution in [0.3, 0.4) is 0 Å². The molecule has 0 saturated carbocycles. The van der Waals surface area contributed by atoms with Gasteiger partial charge < -0.3 is 4.42 Å². The summed E-state index contributed by atoms with van der Waals surface area (Å²) in [5.74, 6) is 0.829. The molecule has 0 atom stereocenters. The molecule has 0 aliphatic rings. The predicted octanol–water partition coefficient (Wildman–Crippen LogP) is 2.53. The Bertz CT molecular complexity index is 232. The summed E-state index contributed by atoms with van der Waals surface area (Å²) in [6, 6.07) is 0. The van der Waals surface area contributed by atoms with E-state index < -0.39 is 0 Å². The van der Waals surface area contributed by atoms with E-state index >= 15 is 0 Å². The first kappa shape index (κ1) is 8.31. The lowest BCUT2D eigenvalue weighted by Crippen LogP contribution is -2.11. The number of hydrogen-bond acceptors (Lipinski definition) is 2. The van der Waals surface area contributed by atoms with Crippen LogP contribution in [0.2, 0.25) is 0 Å². The summed E-state index contributed by atoms with van der Waals surface area (Å²) in [5.41, 5.74) is 1.14. The van der Waals surface area contributed by atoms with Gasteiger partial charge in [0.25, 0.3) is 0 Å². The summed E-state index contributed by atoms with van der Waals surface area (Å²) in [4.78, 5) is 4.33. The smallest absolute Gasteiger partial charge is 0.193 e. The van der Waals surface area contributed by atoms with Crippen molar-refractivity contribution < 1.29 is 4.42 Å². The highest BCUT2D eigenvalue weighted by Crippen LogP contribution is 2.20. The van der Waals surface area contributed by atoms with E-state index in [4.69, 9.17) is 4.42 Å². The maximum atomic E-state index is 5.23. The van der Waals surface area contributed by atoms with Crippen LogP contribution in [0.1, 0.15) is 39.3 Å². The molecule has 2 heteroatoms. The van der Waals surface area contributed by atoms with Gasteiger partial charge in [0.15, 0.2) is 5.89 Å². The third-order valence-corrected chi connectivity index (χ3v) is 1.62. The molecule has 1 aromatic rings. The van der Waals surface area contributed by atoms with Gasteiger partial charge >= 0.3 is 0 Å². The molecule has 0 unspecified atom stereocenters. The lowest BCUT2D eigenvalue weighted by Gasteiger charge is -2.12. The monoisotopic (exact) mass is 153 g/mol. The van der Waals surface area contributed by atoms with Crippen molar-refractivity contribution in [2.45, 2.75) is 39.5 Å². The van der Waals surface area contributed by atoms with Crippen molar-refractivity contribution in [2.75, 3.05) is 0 Å². The zero-order valence-electron chi connectivity index (χ0n) is 7.64. The SMILES string of the molecule is CCc1nc(C(C)(C)C)co1. The van der Waals surface area contributed by atoms with Gasteiger partial charge in [-0.2, -0.15) is 0 Å². The van der Waals surface area contributed by atoms with E-state index in [2.05, 4.69) is 25.8 Å². The van der Waals surface area contributed by atoms with Crippen LogP contribution in [-0.4, -0.2) is 4.98 Å². The average molecular weight is 153 g/mol. The van der Waals surface area contributed by atoms with Crippen molar-refractivity contribution in [3.63, 3.8) is 0 Å². The Kier molecular flexibility index (Phi) is 2.03. The highest BCUT2D eigenvalue weighted by Gasteiger charge is 2.17. The minimum absolute atomic E-state index is 0.108. The van der Waals surface area contributed by atoms with Gasteiger partial charge in [0.2, 0.25) is 0 Å². The van der Waals surface area contributed by atoms with Crippen LogP contribution in [0, 0.1) is 0 Å². The van der Waals surface area contributed by atoms with Crippen LogP contribution in [0.25, 0.3) is 0 Å². The fraction of sp³-hybridized carbons (Fsp3) is 0.667. The molecule has 0 amide bonds. The van der Waals surface area contributed by atoms with Crippen LogP contribution in [0.15, 0.2) is 10.7 Å². The average Bonchev–Trinajstić information content (AvgIpc) is 2.32. The third-order valence-electron chi connectivity index (χ3n) is 1.62. The molecule has 1 heterocycles. The van der Waals surface area contributed by atoms with Gasteiger partial charge in [0.1, 0.15) is 6.26 Å². The second kappa shape index (κ2) is 2.68. The number of hydrogen-bond donors (Lipinski definition) is 0. The first-order chi connectivity index (χ1) is 5.04. The normalized spacial score (nSPS) is 12.0. The van der Waals surface area contributed by atoms with E-state index in [1.807, 2.05) is 6.92 Å². The molecule has 0 saturated heterocycles. The summed E-state index contributed by atoms with van der Waals surface area (Å²) in [6.45, 7) is 8.43. The molecule has 0 aromatic carbocycles. The van der Waals surface area contributed by atoms with E-state index in [0.717, 1.165) is 18.0 Å². The number of oxazole rings is 1. The molecule has 0 radical (unpaired) electrons. The van der Waals surface area contributed by atoms with Crippen LogP contribution < -0.4 is 0 Å². The van der Waals surface area contributed by atoms with Crippen molar-refractivity contribution in [1.82, 2.24) is 4.98 Å². The van der Waals surface area contributed by atoms with Gasteiger partial charge in [0.05, 0.1) is 5.69 Å². The third kappa shape index (κ3) is 1.82. The van der Waals surface area contributed by atoms with Crippen LogP contribution in [-0.2, 0) is 11.8 Å². The summed E-state index contributed by atoms with van der Waals surface area (Å²) in [7, 11) is 0.